The number of aromatic nitrogens is 2. The number of fused-ring (bicyclic) bond motifs is 1. The maximum atomic E-state index is 13.9. The Kier molecular flexibility index (Phi) is 7.27. The first-order chi connectivity index (χ1) is 17.3. The smallest absolute Gasteiger partial charge is 0.252 e. The molecule has 12 heteroatoms. The summed E-state index contributed by atoms with van der Waals surface area (Å²) in [6.07, 6.45) is 4.58. The lowest BCUT2D eigenvalue weighted by molar-refractivity contribution is -0.123. The average Bonchev–Trinajstić information content (AvgIpc) is 3.53. The molecule has 0 saturated carbocycles. The zero-order valence-corrected chi connectivity index (χ0v) is 22.5. The summed E-state index contributed by atoms with van der Waals surface area (Å²) < 4.78 is 34.6. The Balaban J connectivity index is 1.45. The Morgan fingerprint density at radius 1 is 1.25 bits per heavy atom. The van der Waals surface area contributed by atoms with Crippen molar-refractivity contribution >= 4 is 65.6 Å². The molecule has 8 nitrogen and oxygen atoms in total. The number of ether oxygens (including phenoxy) is 1. The van der Waals surface area contributed by atoms with Gasteiger partial charge in [0.15, 0.2) is 5.13 Å². The van der Waals surface area contributed by atoms with Gasteiger partial charge in [-0.05, 0) is 54.8 Å². The predicted octanol–water partition coefficient (Wildman–Crippen LogP) is 5.05. The second-order valence-electron chi connectivity index (χ2n) is 8.38. The number of methoxy groups -OCH3 is 1. The Hall–Kier alpha value is -2.57. The van der Waals surface area contributed by atoms with Crippen LogP contribution in [0, 0.1) is 5.92 Å². The van der Waals surface area contributed by atoms with Crippen molar-refractivity contribution in [1.82, 2.24) is 14.3 Å². The van der Waals surface area contributed by atoms with Gasteiger partial charge >= 0.3 is 0 Å². The molecule has 1 aromatic carbocycles. The second kappa shape index (κ2) is 10.4. The maximum Gasteiger partial charge on any atom is 0.252 e. The molecule has 0 N–H and O–H groups in total. The molecular formula is C24H23ClN4O4S3. The van der Waals surface area contributed by atoms with Gasteiger partial charge in [0, 0.05) is 25.5 Å². The Morgan fingerprint density at radius 3 is 2.83 bits per heavy atom. The van der Waals surface area contributed by atoms with Gasteiger partial charge in [-0.1, -0.05) is 29.0 Å². The number of carbonyl (C=O) groups excluding carboxylic acids is 1. The van der Waals surface area contributed by atoms with E-state index in [2.05, 4.69) is 4.98 Å². The van der Waals surface area contributed by atoms with E-state index in [1.54, 1.807) is 30.5 Å². The van der Waals surface area contributed by atoms with E-state index in [9.17, 15) is 13.2 Å². The van der Waals surface area contributed by atoms with Crippen LogP contribution in [-0.2, 0) is 21.4 Å². The van der Waals surface area contributed by atoms with Gasteiger partial charge in [0.1, 0.15) is 9.96 Å². The molecule has 36 heavy (non-hydrogen) atoms. The molecule has 4 aromatic rings. The maximum absolute atomic E-state index is 13.9. The molecule has 1 fully saturated rings. The van der Waals surface area contributed by atoms with E-state index < -0.39 is 15.9 Å². The molecule has 1 amide bonds. The third-order valence-corrected chi connectivity index (χ3v) is 10.6. The van der Waals surface area contributed by atoms with Crippen LogP contribution < -0.4 is 9.64 Å². The quantitative estimate of drug-likeness (QED) is 0.313. The number of thiazole rings is 1. The van der Waals surface area contributed by atoms with E-state index in [1.807, 2.05) is 30.3 Å². The van der Waals surface area contributed by atoms with E-state index in [0.717, 1.165) is 27.1 Å². The highest BCUT2D eigenvalue weighted by molar-refractivity contribution is 7.91. The van der Waals surface area contributed by atoms with Crippen molar-refractivity contribution in [2.45, 2.75) is 23.6 Å². The lowest BCUT2D eigenvalue weighted by atomic mass is 9.98. The summed E-state index contributed by atoms with van der Waals surface area (Å²) in [7, 11) is -2.12. The molecule has 1 unspecified atom stereocenters. The van der Waals surface area contributed by atoms with Crippen molar-refractivity contribution in [3.05, 3.63) is 64.8 Å². The minimum Gasteiger partial charge on any atom is -0.497 e. The molecular weight excluding hydrogens is 540 g/mol. The van der Waals surface area contributed by atoms with Crippen LogP contribution in [0.15, 0.2) is 59.1 Å². The van der Waals surface area contributed by atoms with Crippen molar-refractivity contribution in [2.75, 3.05) is 25.1 Å². The highest BCUT2D eigenvalue weighted by Crippen LogP contribution is 2.35. The number of pyridine rings is 1. The van der Waals surface area contributed by atoms with Gasteiger partial charge in [-0.2, -0.15) is 4.31 Å². The van der Waals surface area contributed by atoms with Gasteiger partial charge in [0.2, 0.25) is 5.91 Å². The van der Waals surface area contributed by atoms with Crippen LogP contribution in [-0.4, -0.2) is 48.8 Å². The minimum absolute atomic E-state index is 0.110. The van der Waals surface area contributed by atoms with E-state index in [0.29, 0.717) is 34.6 Å². The van der Waals surface area contributed by atoms with Crippen LogP contribution in [0.25, 0.3) is 10.2 Å². The van der Waals surface area contributed by atoms with Crippen LogP contribution in [0.3, 0.4) is 0 Å². The van der Waals surface area contributed by atoms with Crippen LogP contribution in [0.5, 0.6) is 5.75 Å². The highest BCUT2D eigenvalue weighted by Gasteiger charge is 2.36. The molecule has 1 saturated heterocycles. The van der Waals surface area contributed by atoms with E-state index in [4.69, 9.17) is 21.3 Å². The highest BCUT2D eigenvalue weighted by atomic mass is 35.5. The van der Waals surface area contributed by atoms with Gasteiger partial charge in [-0.15, -0.1) is 11.3 Å². The fourth-order valence-electron chi connectivity index (χ4n) is 4.20. The number of benzene rings is 1. The first-order valence-electron chi connectivity index (χ1n) is 11.3. The lowest BCUT2D eigenvalue weighted by Crippen LogP contribution is -2.46. The number of piperidine rings is 1. The van der Waals surface area contributed by atoms with Crippen molar-refractivity contribution in [1.29, 1.82) is 0 Å². The van der Waals surface area contributed by atoms with E-state index in [1.165, 1.54) is 21.7 Å². The molecule has 5 rings (SSSR count). The van der Waals surface area contributed by atoms with Gasteiger partial charge in [0.05, 0.1) is 34.1 Å². The van der Waals surface area contributed by atoms with Crippen LogP contribution in [0.1, 0.15) is 18.4 Å². The number of sulfonamides is 1. The Morgan fingerprint density at radius 2 is 2.11 bits per heavy atom. The molecule has 1 aliphatic rings. The number of hydrogen-bond acceptors (Lipinski definition) is 8. The van der Waals surface area contributed by atoms with Gasteiger partial charge in [-0.25, -0.2) is 13.4 Å². The summed E-state index contributed by atoms with van der Waals surface area (Å²) in [6.45, 7) is 0.761. The van der Waals surface area contributed by atoms with Crippen LogP contribution in [0.4, 0.5) is 5.13 Å². The number of thiophene rings is 1. The average molecular weight is 563 g/mol. The molecule has 0 radical (unpaired) electrons. The summed E-state index contributed by atoms with van der Waals surface area (Å²) in [5.41, 5.74) is 1.62. The SMILES string of the molecule is COc1ccc2nc(N(Cc3cccnc3)C(=O)C3CCCN(S(=O)(=O)c4ccc(Cl)s4)C3)sc2c1. The summed E-state index contributed by atoms with van der Waals surface area (Å²) in [5, 5.41) is 0.553. The Bertz CT molecular complexity index is 1490. The third kappa shape index (κ3) is 5.12. The van der Waals surface area contributed by atoms with Gasteiger partial charge in [0.25, 0.3) is 10.0 Å². The number of carbonyl (C=O) groups is 1. The van der Waals surface area contributed by atoms with Crippen molar-refractivity contribution in [2.24, 2.45) is 5.92 Å². The third-order valence-electron chi connectivity index (χ3n) is 6.02. The summed E-state index contributed by atoms with van der Waals surface area (Å²) >= 11 is 8.40. The van der Waals surface area contributed by atoms with Crippen molar-refractivity contribution in [3.8, 4) is 5.75 Å². The minimum atomic E-state index is -3.73. The monoisotopic (exact) mass is 562 g/mol. The number of anilines is 1. The van der Waals surface area contributed by atoms with Gasteiger partial charge < -0.3 is 4.74 Å². The lowest BCUT2D eigenvalue weighted by Gasteiger charge is -2.33. The summed E-state index contributed by atoms with van der Waals surface area (Å²) in [6, 6.07) is 12.4. The summed E-state index contributed by atoms with van der Waals surface area (Å²) in [4.78, 5) is 24.5. The molecule has 4 heterocycles. The zero-order valence-electron chi connectivity index (χ0n) is 19.3. The number of halogens is 1. The number of hydrogen-bond donors (Lipinski definition) is 0. The first kappa shape index (κ1) is 25.1. The standard InChI is InChI=1S/C24H23ClN4O4S3/c1-33-18-6-7-19-20(12-18)34-24(27-19)29(14-16-4-2-10-26-13-16)23(30)17-5-3-11-28(15-17)36(31,32)22-9-8-21(25)35-22/h2,4,6-10,12-13,17H,3,5,11,14-15H2,1H3. The fourth-order valence-corrected chi connectivity index (χ4v) is 8.36. The van der Waals surface area contributed by atoms with Crippen molar-refractivity contribution < 1.29 is 17.9 Å². The zero-order chi connectivity index (χ0) is 25.3. The number of amides is 1. The number of nitrogens with zero attached hydrogens (tertiary/aromatic N) is 4. The Labute approximate surface area is 222 Å². The normalized spacial score (nSPS) is 16.8. The van der Waals surface area contributed by atoms with Crippen molar-refractivity contribution in [3.63, 3.8) is 0 Å². The fraction of sp³-hybridized carbons (Fsp3) is 0.292. The number of rotatable bonds is 7. The van der Waals surface area contributed by atoms with E-state index >= 15 is 0 Å². The van der Waals surface area contributed by atoms with Gasteiger partial charge in [-0.3, -0.25) is 14.7 Å². The van der Waals surface area contributed by atoms with Crippen LogP contribution in [0.2, 0.25) is 4.34 Å². The molecule has 1 aliphatic heterocycles. The largest absolute Gasteiger partial charge is 0.497 e. The topological polar surface area (TPSA) is 92.7 Å². The second-order valence-corrected chi connectivity index (χ2v) is 13.3. The first-order valence-corrected chi connectivity index (χ1v) is 14.7. The molecule has 3 aromatic heterocycles. The molecule has 188 valence electrons. The predicted molar refractivity (Wildman–Crippen MR) is 142 cm³/mol. The summed E-state index contributed by atoms with van der Waals surface area (Å²) in [5.74, 6) is 0.0563. The molecule has 1 atom stereocenters. The van der Waals surface area contributed by atoms with Crippen LogP contribution >= 0.6 is 34.3 Å². The molecule has 0 bridgehead atoms. The molecule has 0 aliphatic carbocycles. The molecule has 0 spiro atoms. The van der Waals surface area contributed by atoms with E-state index in [-0.39, 0.29) is 23.2 Å².